The van der Waals surface area contributed by atoms with Crippen LogP contribution in [0.2, 0.25) is 0 Å². The van der Waals surface area contributed by atoms with Gasteiger partial charge in [-0.15, -0.1) is 11.3 Å². The number of carbonyl (C=O) groups excluding carboxylic acids is 1. The molecule has 0 bridgehead atoms. The zero-order chi connectivity index (χ0) is 23.8. The molecule has 2 aromatic carbocycles. The summed E-state index contributed by atoms with van der Waals surface area (Å²) in [7, 11) is 3.16. The Kier molecular flexibility index (Phi) is 8.44. The van der Waals surface area contributed by atoms with Crippen molar-refractivity contribution >= 4 is 17.2 Å². The van der Waals surface area contributed by atoms with Gasteiger partial charge in [0.15, 0.2) is 0 Å². The molecule has 0 saturated carbocycles. The van der Waals surface area contributed by atoms with Crippen molar-refractivity contribution < 1.29 is 23.7 Å². The van der Waals surface area contributed by atoms with Gasteiger partial charge in [0.25, 0.3) is 5.91 Å². The van der Waals surface area contributed by atoms with E-state index < -0.39 is 0 Å². The van der Waals surface area contributed by atoms with E-state index in [9.17, 15) is 4.79 Å². The molecule has 34 heavy (non-hydrogen) atoms. The fraction of sp³-hybridized carbons (Fsp3) is 0.370. The second-order valence-corrected chi connectivity index (χ2v) is 9.24. The summed E-state index contributed by atoms with van der Waals surface area (Å²) in [6, 6.07) is 17.4. The average molecular weight is 482 g/mol. The Bertz CT molecular complexity index is 1060. The van der Waals surface area contributed by atoms with Crippen LogP contribution >= 0.6 is 11.3 Å². The van der Waals surface area contributed by atoms with Gasteiger partial charge < -0.3 is 23.8 Å². The fourth-order valence-electron chi connectivity index (χ4n) is 4.08. The molecule has 0 N–H and O–H groups in total. The number of carbonyl (C=O) groups is 1. The van der Waals surface area contributed by atoms with Crippen molar-refractivity contribution in [2.75, 3.05) is 34.0 Å². The van der Waals surface area contributed by atoms with Gasteiger partial charge in [0, 0.05) is 31.0 Å². The zero-order valence-corrected chi connectivity index (χ0v) is 20.5. The Morgan fingerprint density at radius 2 is 2.00 bits per heavy atom. The van der Waals surface area contributed by atoms with Gasteiger partial charge in [0.2, 0.25) is 0 Å². The van der Waals surface area contributed by atoms with E-state index in [0.29, 0.717) is 36.8 Å². The van der Waals surface area contributed by atoms with E-state index in [1.165, 1.54) is 4.88 Å². The van der Waals surface area contributed by atoms with E-state index in [-0.39, 0.29) is 12.0 Å². The molecule has 1 atom stereocenters. The van der Waals surface area contributed by atoms with Crippen LogP contribution < -0.4 is 14.2 Å². The highest BCUT2D eigenvalue weighted by Crippen LogP contribution is 2.27. The summed E-state index contributed by atoms with van der Waals surface area (Å²) in [5.74, 6) is 1.82. The van der Waals surface area contributed by atoms with E-state index in [4.69, 9.17) is 18.9 Å². The second-order valence-electron chi connectivity index (χ2n) is 8.21. The number of hydrogen-bond acceptors (Lipinski definition) is 6. The number of benzene rings is 2. The molecule has 2 heterocycles. The molecule has 1 aliphatic heterocycles. The van der Waals surface area contributed by atoms with Crippen LogP contribution in [0.4, 0.5) is 0 Å². The van der Waals surface area contributed by atoms with Crippen LogP contribution in [0, 0.1) is 0 Å². The van der Waals surface area contributed by atoms with Gasteiger partial charge in [0.1, 0.15) is 17.2 Å². The lowest BCUT2D eigenvalue weighted by Gasteiger charge is -2.26. The van der Waals surface area contributed by atoms with Gasteiger partial charge in [-0.2, -0.15) is 0 Å². The molecule has 1 aliphatic rings. The third-order valence-electron chi connectivity index (χ3n) is 5.84. The number of nitrogens with zero attached hydrogens (tertiary/aromatic N) is 1. The van der Waals surface area contributed by atoms with Crippen molar-refractivity contribution in [3.05, 3.63) is 76.0 Å². The first-order chi connectivity index (χ1) is 16.7. The van der Waals surface area contributed by atoms with Crippen LogP contribution in [-0.2, 0) is 17.7 Å². The van der Waals surface area contributed by atoms with Crippen LogP contribution in [0.5, 0.6) is 17.2 Å². The Hall–Kier alpha value is -3.03. The number of ether oxygens (including phenoxy) is 4. The third kappa shape index (κ3) is 6.30. The molecule has 3 aromatic rings. The summed E-state index contributed by atoms with van der Waals surface area (Å²) in [5, 5.41) is 2.08. The molecule has 1 amide bonds. The van der Waals surface area contributed by atoms with Gasteiger partial charge in [-0.1, -0.05) is 18.2 Å². The second kappa shape index (κ2) is 11.9. The Labute approximate surface area is 205 Å². The first-order valence-electron chi connectivity index (χ1n) is 11.5. The van der Waals surface area contributed by atoms with Crippen molar-refractivity contribution in [3.8, 4) is 17.2 Å². The summed E-state index contributed by atoms with van der Waals surface area (Å²) in [6.45, 7) is 2.32. The highest BCUT2D eigenvalue weighted by atomic mass is 32.1. The molecular weight excluding hydrogens is 450 g/mol. The quantitative estimate of drug-likeness (QED) is 0.376. The van der Waals surface area contributed by atoms with Crippen molar-refractivity contribution in [2.45, 2.75) is 31.9 Å². The van der Waals surface area contributed by atoms with Crippen molar-refractivity contribution in [3.63, 3.8) is 0 Å². The summed E-state index contributed by atoms with van der Waals surface area (Å²) < 4.78 is 22.7. The number of hydrogen-bond donors (Lipinski definition) is 0. The molecule has 7 heteroatoms. The van der Waals surface area contributed by atoms with Crippen LogP contribution in [0.15, 0.2) is 60.0 Å². The van der Waals surface area contributed by atoms with Crippen LogP contribution in [0.3, 0.4) is 0 Å². The predicted octanol–water partition coefficient (Wildman–Crippen LogP) is 5.21. The Morgan fingerprint density at radius 1 is 1.09 bits per heavy atom. The topological polar surface area (TPSA) is 57.2 Å². The van der Waals surface area contributed by atoms with Gasteiger partial charge in [-0.25, -0.2) is 0 Å². The smallest absolute Gasteiger partial charge is 0.258 e. The standard InChI is InChI=1S/C27H31NO5S/c1-30-21-10-11-26(31-2)25(17-21)27(29)28(19-23-8-4-13-32-23)18-20-6-3-7-22(16-20)33-14-12-24-9-5-15-34-24/h3,5-7,9-11,15-17,23H,4,8,12-14,18-19H2,1-2H3. The average Bonchev–Trinajstić information content (AvgIpc) is 3.58. The van der Waals surface area contributed by atoms with Gasteiger partial charge in [-0.3, -0.25) is 4.79 Å². The fourth-order valence-corrected chi connectivity index (χ4v) is 4.77. The molecule has 6 nitrogen and oxygen atoms in total. The van der Waals surface area contributed by atoms with E-state index in [1.807, 2.05) is 29.2 Å². The van der Waals surface area contributed by atoms with Crippen molar-refractivity contribution in [1.82, 2.24) is 4.90 Å². The highest BCUT2D eigenvalue weighted by molar-refractivity contribution is 7.09. The molecule has 0 aliphatic carbocycles. The van der Waals surface area contributed by atoms with E-state index in [0.717, 1.165) is 37.2 Å². The normalized spacial score (nSPS) is 15.2. The summed E-state index contributed by atoms with van der Waals surface area (Å²) >= 11 is 1.74. The summed E-state index contributed by atoms with van der Waals surface area (Å²) in [4.78, 5) is 16.8. The number of thiophene rings is 1. The minimum atomic E-state index is -0.115. The predicted molar refractivity (Wildman–Crippen MR) is 133 cm³/mol. The largest absolute Gasteiger partial charge is 0.497 e. The minimum Gasteiger partial charge on any atom is -0.497 e. The number of methoxy groups -OCH3 is 2. The lowest BCUT2D eigenvalue weighted by Crippen LogP contribution is -2.37. The van der Waals surface area contributed by atoms with Gasteiger partial charge in [-0.05, 0) is 60.2 Å². The molecule has 4 rings (SSSR count). The first-order valence-corrected chi connectivity index (χ1v) is 12.4. The first kappa shape index (κ1) is 24.1. The third-order valence-corrected chi connectivity index (χ3v) is 6.78. The maximum Gasteiger partial charge on any atom is 0.258 e. The molecule has 180 valence electrons. The molecule has 1 unspecified atom stereocenters. The Morgan fingerprint density at radius 3 is 2.74 bits per heavy atom. The molecule has 0 radical (unpaired) electrons. The molecule has 0 spiro atoms. The van der Waals surface area contributed by atoms with E-state index >= 15 is 0 Å². The minimum absolute atomic E-state index is 0.0331. The molecule has 1 fully saturated rings. The molecule has 1 aromatic heterocycles. The van der Waals surface area contributed by atoms with Crippen molar-refractivity contribution in [2.24, 2.45) is 0 Å². The number of amides is 1. The van der Waals surface area contributed by atoms with E-state index in [2.05, 4.69) is 17.5 Å². The Balaban J connectivity index is 1.50. The van der Waals surface area contributed by atoms with Crippen molar-refractivity contribution in [1.29, 1.82) is 0 Å². The van der Waals surface area contributed by atoms with E-state index in [1.54, 1.807) is 43.8 Å². The van der Waals surface area contributed by atoms with Crippen LogP contribution in [0.25, 0.3) is 0 Å². The van der Waals surface area contributed by atoms with Crippen LogP contribution in [-0.4, -0.2) is 50.9 Å². The lowest BCUT2D eigenvalue weighted by molar-refractivity contribution is 0.0504. The molecule has 1 saturated heterocycles. The molecular formula is C27H31NO5S. The highest BCUT2D eigenvalue weighted by Gasteiger charge is 2.26. The monoisotopic (exact) mass is 481 g/mol. The lowest BCUT2D eigenvalue weighted by atomic mass is 10.1. The maximum atomic E-state index is 13.7. The SMILES string of the molecule is COc1ccc(OC)c(C(=O)N(Cc2cccc(OCCc3cccs3)c2)CC2CCCO2)c1. The summed E-state index contributed by atoms with van der Waals surface area (Å²) in [6.07, 6.45) is 2.88. The number of rotatable bonds is 11. The van der Waals surface area contributed by atoms with Gasteiger partial charge in [0.05, 0.1) is 32.5 Å². The van der Waals surface area contributed by atoms with Gasteiger partial charge >= 0.3 is 0 Å². The van der Waals surface area contributed by atoms with Crippen LogP contribution in [0.1, 0.15) is 33.6 Å². The maximum absolute atomic E-state index is 13.7. The zero-order valence-electron chi connectivity index (χ0n) is 19.7. The summed E-state index contributed by atoms with van der Waals surface area (Å²) in [5.41, 5.74) is 1.48.